The third-order valence-electron chi connectivity index (χ3n) is 5.31. The van der Waals surface area contributed by atoms with Crippen LogP contribution in [0.25, 0.3) is 0 Å². The molecule has 1 fully saturated rings. The molecule has 5 nitrogen and oxygen atoms in total. The summed E-state index contributed by atoms with van der Waals surface area (Å²) in [5.74, 6) is -0.683. The second kappa shape index (κ2) is 10.2. The van der Waals surface area contributed by atoms with Gasteiger partial charge in [-0.05, 0) is 55.6 Å². The number of rotatable bonds is 7. The summed E-state index contributed by atoms with van der Waals surface area (Å²) >= 11 is 0. The number of carbonyl (C=O) groups is 2. The van der Waals surface area contributed by atoms with Gasteiger partial charge in [0.15, 0.2) is 0 Å². The van der Waals surface area contributed by atoms with Gasteiger partial charge >= 0.3 is 0 Å². The number of likely N-dealkylation sites (tertiary alicyclic amines) is 1. The normalized spacial score (nSPS) is 16.5. The first kappa shape index (κ1) is 21.0. The van der Waals surface area contributed by atoms with Gasteiger partial charge in [0.1, 0.15) is 5.82 Å². The Balaban J connectivity index is 1.68. The lowest BCUT2D eigenvalue weighted by Gasteiger charge is -2.35. The zero-order valence-electron chi connectivity index (χ0n) is 16.6. The van der Waals surface area contributed by atoms with Crippen LogP contribution in [0.5, 0.6) is 0 Å². The number of piperidine rings is 1. The van der Waals surface area contributed by atoms with Crippen LogP contribution in [0.2, 0.25) is 0 Å². The van der Waals surface area contributed by atoms with E-state index in [1.807, 2.05) is 35.2 Å². The van der Waals surface area contributed by atoms with Crippen molar-refractivity contribution in [3.8, 4) is 0 Å². The first-order valence-electron chi connectivity index (χ1n) is 10.2. The van der Waals surface area contributed by atoms with E-state index in [-0.39, 0.29) is 23.5 Å². The van der Waals surface area contributed by atoms with E-state index in [0.29, 0.717) is 38.3 Å². The van der Waals surface area contributed by atoms with Crippen LogP contribution >= 0.6 is 0 Å². The predicted octanol–water partition coefficient (Wildman–Crippen LogP) is 3.06. The van der Waals surface area contributed by atoms with Gasteiger partial charge in [0, 0.05) is 31.7 Å². The average molecular weight is 397 g/mol. The van der Waals surface area contributed by atoms with Crippen LogP contribution in [0.3, 0.4) is 0 Å². The van der Waals surface area contributed by atoms with Gasteiger partial charge in [-0.25, -0.2) is 4.39 Å². The van der Waals surface area contributed by atoms with Gasteiger partial charge in [0.05, 0.1) is 5.92 Å². The molecule has 1 atom stereocenters. The summed E-state index contributed by atoms with van der Waals surface area (Å²) in [5, 5.41) is 0. The number of hydrogen-bond donors (Lipinski definition) is 1. The summed E-state index contributed by atoms with van der Waals surface area (Å²) < 4.78 is 13.1. The molecule has 1 aliphatic heterocycles. The van der Waals surface area contributed by atoms with Gasteiger partial charge < -0.3 is 15.5 Å². The molecule has 6 heteroatoms. The number of amides is 2. The van der Waals surface area contributed by atoms with E-state index in [2.05, 4.69) is 0 Å². The molecular formula is C23H28FN3O2. The summed E-state index contributed by atoms with van der Waals surface area (Å²) in [5.41, 5.74) is 7.19. The fourth-order valence-electron chi connectivity index (χ4n) is 3.75. The number of halogens is 1. The average Bonchev–Trinajstić information content (AvgIpc) is 2.77. The molecule has 0 saturated carbocycles. The van der Waals surface area contributed by atoms with E-state index in [1.54, 1.807) is 4.90 Å². The lowest BCUT2D eigenvalue weighted by Crippen LogP contribution is -2.47. The second-order valence-electron chi connectivity index (χ2n) is 7.48. The highest BCUT2D eigenvalue weighted by atomic mass is 19.1. The van der Waals surface area contributed by atoms with Crippen LogP contribution in [0, 0.1) is 11.7 Å². The maximum absolute atomic E-state index is 13.3. The molecule has 2 aromatic rings. The summed E-state index contributed by atoms with van der Waals surface area (Å²) in [6.45, 7) is 2.68. The van der Waals surface area contributed by atoms with Gasteiger partial charge in [-0.3, -0.25) is 9.59 Å². The van der Waals surface area contributed by atoms with Gasteiger partial charge in [-0.1, -0.05) is 30.3 Å². The molecule has 2 aromatic carbocycles. The van der Waals surface area contributed by atoms with E-state index >= 15 is 0 Å². The Morgan fingerprint density at radius 3 is 2.52 bits per heavy atom. The summed E-state index contributed by atoms with van der Waals surface area (Å²) in [6.07, 6.45) is 2.28. The highest BCUT2D eigenvalue weighted by molar-refractivity contribution is 5.94. The number of nitrogens with zero attached hydrogens (tertiary/aromatic N) is 2. The molecule has 1 unspecified atom stereocenters. The minimum absolute atomic E-state index is 0.0684. The Labute approximate surface area is 171 Å². The van der Waals surface area contributed by atoms with Gasteiger partial charge in [-0.2, -0.15) is 0 Å². The van der Waals surface area contributed by atoms with Crippen LogP contribution in [-0.4, -0.2) is 47.8 Å². The quantitative estimate of drug-likeness (QED) is 0.781. The molecule has 0 spiro atoms. The number of carbonyl (C=O) groups excluding carboxylic acids is 2. The van der Waals surface area contributed by atoms with Crippen molar-refractivity contribution in [2.75, 3.05) is 26.2 Å². The van der Waals surface area contributed by atoms with Crippen LogP contribution in [0.15, 0.2) is 54.6 Å². The second-order valence-corrected chi connectivity index (χ2v) is 7.48. The monoisotopic (exact) mass is 397 g/mol. The first-order chi connectivity index (χ1) is 14.1. The summed E-state index contributed by atoms with van der Waals surface area (Å²) in [7, 11) is 0. The van der Waals surface area contributed by atoms with Crippen molar-refractivity contribution in [1.29, 1.82) is 0 Å². The van der Waals surface area contributed by atoms with Crippen molar-refractivity contribution in [3.05, 3.63) is 71.5 Å². The zero-order chi connectivity index (χ0) is 20.6. The van der Waals surface area contributed by atoms with Crippen LogP contribution in [0.4, 0.5) is 4.39 Å². The molecule has 1 saturated heterocycles. The first-order valence-corrected chi connectivity index (χ1v) is 10.2. The van der Waals surface area contributed by atoms with Crippen LogP contribution < -0.4 is 5.73 Å². The largest absolute Gasteiger partial charge is 0.338 e. The highest BCUT2D eigenvalue weighted by Gasteiger charge is 2.31. The smallest absolute Gasteiger partial charge is 0.253 e. The Morgan fingerprint density at radius 1 is 1.10 bits per heavy atom. The molecule has 29 heavy (non-hydrogen) atoms. The summed E-state index contributed by atoms with van der Waals surface area (Å²) in [6, 6.07) is 15.5. The lowest BCUT2D eigenvalue weighted by molar-refractivity contribution is -0.137. The minimum atomic E-state index is -0.371. The van der Waals surface area contributed by atoms with E-state index in [9.17, 15) is 14.0 Å². The maximum atomic E-state index is 13.3. The highest BCUT2D eigenvalue weighted by Crippen LogP contribution is 2.22. The molecule has 0 radical (unpaired) electrons. The van der Waals surface area contributed by atoms with Crippen LogP contribution in [-0.2, 0) is 11.3 Å². The van der Waals surface area contributed by atoms with Gasteiger partial charge in [0.25, 0.3) is 5.91 Å². The van der Waals surface area contributed by atoms with Crippen molar-refractivity contribution in [1.82, 2.24) is 9.80 Å². The third kappa shape index (κ3) is 5.64. The maximum Gasteiger partial charge on any atom is 0.253 e. The SMILES string of the molecule is NCCCN(Cc1ccccc1)C(=O)C1CCCN(C(=O)c2ccc(F)cc2)C1. The molecule has 0 bridgehead atoms. The Kier molecular flexibility index (Phi) is 7.36. The zero-order valence-corrected chi connectivity index (χ0v) is 16.6. The van der Waals surface area contributed by atoms with Crippen molar-refractivity contribution in [2.45, 2.75) is 25.8 Å². The predicted molar refractivity (Wildman–Crippen MR) is 111 cm³/mol. The van der Waals surface area contributed by atoms with E-state index in [4.69, 9.17) is 5.73 Å². The minimum Gasteiger partial charge on any atom is -0.338 e. The van der Waals surface area contributed by atoms with Crippen LogP contribution in [0.1, 0.15) is 35.2 Å². The molecule has 0 aromatic heterocycles. The topological polar surface area (TPSA) is 66.6 Å². The molecule has 3 rings (SSSR count). The standard InChI is InChI=1S/C23H28FN3O2/c24-21-11-9-19(10-12-21)22(28)27-14-4-8-20(17-27)23(29)26(15-5-13-25)16-18-6-2-1-3-7-18/h1-3,6-7,9-12,20H,4-5,8,13-17,25H2. The summed E-state index contributed by atoms with van der Waals surface area (Å²) in [4.78, 5) is 29.6. The van der Waals surface area contributed by atoms with E-state index < -0.39 is 0 Å². The van der Waals surface area contributed by atoms with Crippen molar-refractivity contribution < 1.29 is 14.0 Å². The number of hydrogen-bond acceptors (Lipinski definition) is 3. The van der Waals surface area contributed by atoms with Crippen molar-refractivity contribution in [3.63, 3.8) is 0 Å². The number of benzene rings is 2. The molecule has 2 N–H and O–H groups in total. The molecule has 2 amide bonds. The third-order valence-corrected chi connectivity index (χ3v) is 5.31. The van der Waals surface area contributed by atoms with E-state index in [1.165, 1.54) is 24.3 Å². The fourth-order valence-corrected chi connectivity index (χ4v) is 3.75. The van der Waals surface area contributed by atoms with E-state index in [0.717, 1.165) is 24.8 Å². The molecule has 154 valence electrons. The van der Waals surface area contributed by atoms with Crippen molar-refractivity contribution in [2.24, 2.45) is 11.7 Å². The number of nitrogens with two attached hydrogens (primary N) is 1. The molecule has 1 heterocycles. The Bertz CT molecular complexity index is 811. The fraction of sp³-hybridized carbons (Fsp3) is 0.391. The Hall–Kier alpha value is -2.73. The Morgan fingerprint density at radius 2 is 1.83 bits per heavy atom. The molecular weight excluding hydrogens is 369 g/mol. The van der Waals surface area contributed by atoms with Crippen molar-refractivity contribution >= 4 is 11.8 Å². The van der Waals surface area contributed by atoms with Gasteiger partial charge in [0.2, 0.25) is 5.91 Å². The molecule has 1 aliphatic rings. The van der Waals surface area contributed by atoms with Gasteiger partial charge in [-0.15, -0.1) is 0 Å². The lowest BCUT2D eigenvalue weighted by atomic mass is 9.95. The molecule has 0 aliphatic carbocycles.